The molecule has 0 aliphatic carbocycles. The molecule has 0 aliphatic heterocycles. The molecule has 0 bridgehead atoms. The maximum atomic E-state index is 11.1. The summed E-state index contributed by atoms with van der Waals surface area (Å²) in [4.78, 5) is 15.1. The molecule has 0 unspecified atom stereocenters. The Morgan fingerprint density at radius 3 is 3.00 bits per heavy atom. The van der Waals surface area contributed by atoms with Crippen LogP contribution in [-0.2, 0) is 11.2 Å². The first-order chi connectivity index (χ1) is 6.68. The molecule has 1 rings (SSSR count). The fourth-order valence-electron chi connectivity index (χ4n) is 0.969. The number of amides is 1. The number of hydrogen-bond acceptors (Lipinski definition) is 3. The van der Waals surface area contributed by atoms with E-state index >= 15 is 0 Å². The third-order valence-electron chi connectivity index (χ3n) is 1.55. The minimum Gasteiger partial charge on any atom is -0.352 e. The van der Waals surface area contributed by atoms with Crippen molar-refractivity contribution in [2.45, 2.75) is 20.3 Å². The van der Waals surface area contributed by atoms with E-state index in [1.807, 2.05) is 13.8 Å². The van der Waals surface area contributed by atoms with Crippen LogP contribution in [-0.4, -0.2) is 27.6 Å². The van der Waals surface area contributed by atoms with Gasteiger partial charge in [0, 0.05) is 19.0 Å². The Morgan fingerprint density at radius 2 is 2.43 bits per heavy atom. The van der Waals surface area contributed by atoms with Gasteiger partial charge in [-0.2, -0.15) is 5.10 Å². The zero-order valence-corrected chi connectivity index (χ0v) is 8.37. The van der Waals surface area contributed by atoms with E-state index in [9.17, 15) is 4.79 Å². The van der Waals surface area contributed by atoms with Gasteiger partial charge in [0.15, 0.2) is 0 Å². The number of carbonyl (C=O) groups is 1. The zero-order valence-electron chi connectivity index (χ0n) is 8.37. The Labute approximate surface area is 82.6 Å². The highest BCUT2D eigenvalue weighted by Crippen LogP contribution is 1.88. The summed E-state index contributed by atoms with van der Waals surface area (Å²) in [6, 6.07) is 0. The molecule has 1 amide bonds. The molecule has 0 atom stereocenters. The number of aromatic nitrogens is 3. The Hall–Kier alpha value is -1.65. The minimum absolute atomic E-state index is 0.0653. The highest BCUT2D eigenvalue weighted by atomic mass is 16.1. The van der Waals surface area contributed by atoms with Crippen molar-refractivity contribution >= 4 is 5.91 Å². The first-order valence-corrected chi connectivity index (χ1v) is 4.45. The van der Waals surface area contributed by atoms with Gasteiger partial charge in [-0.05, 0) is 13.8 Å². The van der Waals surface area contributed by atoms with Crippen molar-refractivity contribution in [2.75, 3.05) is 6.54 Å². The van der Waals surface area contributed by atoms with Crippen LogP contribution in [0.4, 0.5) is 0 Å². The number of allylic oxidation sites excluding steroid dienone is 1. The molecular weight excluding hydrogens is 180 g/mol. The summed E-state index contributed by atoms with van der Waals surface area (Å²) in [5.41, 5.74) is 0.988. The topological polar surface area (TPSA) is 70.7 Å². The molecule has 0 spiro atoms. The van der Waals surface area contributed by atoms with Crippen molar-refractivity contribution in [3.8, 4) is 0 Å². The highest BCUT2D eigenvalue weighted by molar-refractivity contribution is 5.87. The van der Waals surface area contributed by atoms with Crippen LogP contribution in [0.25, 0.3) is 0 Å². The van der Waals surface area contributed by atoms with Crippen molar-refractivity contribution in [2.24, 2.45) is 0 Å². The second kappa shape index (κ2) is 5.16. The van der Waals surface area contributed by atoms with E-state index in [1.54, 1.807) is 6.08 Å². The van der Waals surface area contributed by atoms with Crippen LogP contribution in [0.2, 0.25) is 0 Å². The summed E-state index contributed by atoms with van der Waals surface area (Å²) in [7, 11) is 0. The molecular formula is C9H14N4O. The number of aromatic amines is 1. The van der Waals surface area contributed by atoms with Crippen LogP contribution >= 0.6 is 0 Å². The average molecular weight is 194 g/mol. The number of nitrogens with one attached hydrogen (secondary N) is 2. The normalized spacial score (nSPS) is 9.57. The van der Waals surface area contributed by atoms with Crippen molar-refractivity contribution in [3.05, 3.63) is 23.8 Å². The van der Waals surface area contributed by atoms with E-state index in [2.05, 4.69) is 20.5 Å². The van der Waals surface area contributed by atoms with E-state index in [1.165, 1.54) is 6.33 Å². The standard InChI is InChI=1S/C9H14N4O/c1-7(2)5-9(14)10-4-3-8-11-6-12-13-8/h5-6H,3-4H2,1-2H3,(H,10,14)(H,11,12,13). The van der Waals surface area contributed by atoms with Gasteiger partial charge in [0.2, 0.25) is 5.91 Å². The first kappa shape index (κ1) is 10.4. The molecule has 1 heterocycles. The molecule has 0 radical (unpaired) electrons. The maximum Gasteiger partial charge on any atom is 0.243 e. The smallest absolute Gasteiger partial charge is 0.243 e. The maximum absolute atomic E-state index is 11.1. The predicted molar refractivity (Wildman–Crippen MR) is 52.5 cm³/mol. The summed E-state index contributed by atoms with van der Waals surface area (Å²) in [5, 5.41) is 9.18. The Morgan fingerprint density at radius 1 is 1.64 bits per heavy atom. The van der Waals surface area contributed by atoms with E-state index in [4.69, 9.17) is 0 Å². The minimum atomic E-state index is -0.0653. The number of nitrogens with zero attached hydrogens (tertiary/aromatic N) is 2. The first-order valence-electron chi connectivity index (χ1n) is 4.45. The van der Waals surface area contributed by atoms with Gasteiger partial charge in [0.1, 0.15) is 12.2 Å². The van der Waals surface area contributed by atoms with Crippen molar-refractivity contribution in [1.82, 2.24) is 20.5 Å². The van der Waals surface area contributed by atoms with Gasteiger partial charge in [-0.15, -0.1) is 0 Å². The molecule has 0 saturated heterocycles. The van der Waals surface area contributed by atoms with Gasteiger partial charge >= 0.3 is 0 Å². The second-order valence-electron chi connectivity index (χ2n) is 3.19. The summed E-state index contributed by atoms with van der Waals surface area (Å²) in [5.74, 6) is 0.715. The number of H-pyrrole nitrogens is 1. The van der Waals surface area contributed by atoms with E-state index in [-0.39, 0.29) is 5.91 Å². The van der Waals surface area contributed by atoms with Crippen LogP contribution in [0.1, 0.15) is 19.7 Å². The molecule has 0 aromatic carbocycles. The van der Waals surface area contributed by atoms with Crippen LogP contribution in [0, 0.1) is 0 Å². The molecule has 5 heteroatoms. The van der Waals surface area contributed by atoms with Gasteiger partial charge < -0.3 is 5.32 Å². The van der Waals surface area contributed by atoms with Crippen molar-refractivity contribution in [3.63, 3.8) is 0 Å². The molecule has 76 valence electrons. The Kier molecular flexibility index (Phi) is 3.84. The fraction of sp³-hybridized carbons (Fsp3) is 0.444. The van der Waals surface area contributed by atoms with Crippen LogP contribution < -0.4 is 5.32 Å². The lowest BCUT2D eigenvalue weighted by Gasteiger charge is -1.99. The largest absolute Gasteiger partial charge is 0.352 e. The number of hydrogen-bond donors (Lipinski definition) is 2. The van der Waals surface area contributed by atoms with E-state index in [0.717, 1.165) is 11.4 Å². The van der Waals surface area contributed by atoms with Crippen LogP contribution in [0.5, 0.6) is 0 Å². The summed E-state index contributed by atoms with van der Waals surface area (Å²) in [6.45, 7) is 4.34. The zero-order chi connectivity index (χ0) is 10.4. The van der Waals surface area contributed by atoms with E-state index in [0.29, 0.717) is 13.0 Å². The van der Waals surface area contributed by atoms with Crippen molar-refractivity contribution in [1.29, 1.82) is 0 Å². The molecule has 1 aromatic heterocycles. The lowest BCUT2D eigenvalue weighted by atomic mass is 10.3. The van der Waals surface area contributed by atoms with E-state index < -0.39 is 0 Å². The number of carbonyl (C=O) groups excluding carboxylic acids is 1. The molecule has 0 saturated carbocycles. The number of rotatable bonds is 4. The van der Waals surface area contributed by atoms with Crippen LogP contribution in [0.3, 0.4) is 0 Å². The summed E-state index contributed by atoms with van der Waals surface area (Å²) >= 11 is 0. The molecule has 0 fully saturated rings. The average Bonchev–Trinajstić information content (AvgIpc) is 2.55. The third-order valence-corrected chi connectivity index (χ3v) is 1.55. The van der Waals surface area contributed by atoms with Gasteiger partial charge in [-0.3, -0.25) is 9.89 Å². The lowest BCUT2D eigenvalue weighted by Crippen LogP contribution is -2.24. The van der Waals surface area contributed by atoms with Crippen LogP contribution in [0.15, 0.2) is 18.0 Å². The predicted octanol–water partition coefficient (Wildman–Crippen LogP) is 0.430. The fourth-order valence-corrected chi connectivity index (χ4v) is 0.969. The van der Waals surface area contributed by atoms with Gasteiger partial charge in [-0.1, -0.05) is 5.57 Å². The summed E-state index contributed by atoms with van der Waals surface area (Å²) in [6.07, 6.45) is 3.69. The molecule has 14 heavy (non-hydrogen) atoms. The van der Waals surface area contributed by atoms with Crippen molar-refractivity contribution < 1.29 is 4.79 Å². The quantitative estimate of drug-likeness (QED) is 0.683. The molecule has 2 N–H and O–H groups in total. The molecule has 5 nitrogen and oxygen atoms in total. The monoisotopic (exact) mass is 194 g/mol. The highest BCUT2D eigenvalue weighted by Gasteiger charge is 1.97. The Balaban J connectivity index is 2.22. The van der Waals surface area contributed by atoms with Gasteiger partial charge in [0.25, 0.3) is 0 Å². The Bertz CT molecular complexity index is 312. The lowest BCUT2D eigenvalue weighted by molar-refractivity contribution is -0.116. The van der Waals surface area contributed by atoms with Gasteiger partial charge in [-0.25, -0.2) is 4.98 Å². The molecule has 0 aliphatic rings. The van der Waals surface area contributed by atoms with Gasteiger partial charge in [0.05, 0.1) is 0 Å². The second-order valence-corrected chi connectivity index (χ2v) is 3.19. The summed E-state index contributed by atoms with van der Waals surface area (Å²) < 4.78 is 0. The third kappa shape index (κ3) is 3.84. The molecule has 1 aromatic rings. The SMILES string of the molecule is CC(C)=CC(=O)NCCc1ncn[nH]1.